The van der Waals surface area contributed by atoms with E-state index in [9.17, 15) is 4.79 Å². The summed E-state index contributed by atoms with van der Waals surface area (Å²) in [5, 5.41) is 5.40. The first-order valence-electron chi connectivity index (χ1n) is 9.86. The van der Waals surface area contributed by atoms with E-state index < -0.39 is 0 Å². The fraction of sp³-hybridized carbons (Fsp3) is 0.348. The van der Waals surface area contributed by atoms with E-state index in [-0.39, 0.29) is 24.0 Å². The highest BCUT2D eigenvalue weighted by Crippen LogP contribution is 2.36. The number of amides is 1. The Hall–Kier alpha value is -2.79. The minimum absolute atomic E-state index is 0.0851. The molecular formula is C23H27N3O2. The molecule has 0 bridgehead atoms. The largest absolute Gasteiger partial charge is 0.497 e. The van der Waals surface area contributed by atoms with Gasteiger partial charge in [-0.3, -0.25) is 9.80 Å². The van der Waals surface area contributed by atoms with Crippen LogP contribution in [0.4, 0.5) is 0 Å². The molecule has 5 nitrogen and oxygen atoms in total. The molecule has 2 aromatic carbocycles. The Morgan fingerprint density at radius 3 is 2.43 bits per heavy atom. The van der Waals surface area contributed by atoms with Crippen LogP contribution in [-0.2, 0) is 11.2 Å². The molecule has 2 N–H and O–H groups in total. The maximum atomic E-state index is 13.1. The molecule has 0 aliphatic carbocycles. The van der Waals surface area contributed by atoms with Crippen molar-refractivity contribution in [2.75, 3.05) is 7.11 Å². The highest BCUT2D eigenvalue weighted by atomic mass is 16.5. The summed E-state index contributed by atoms with van der Waals surface area (Å²) in [7, 11) is 1.68. The van der Waals surface area contributed by atoms with Crippen LogP contribution in [0.1, 0.15) is 37.3 Å². The zero-order valence-electron chi connectivity index (χ0n) is 16.6. The number of nitrogens with one attached hydrogen (secondary N) is 2. The van der Waals surface area contributed by atoms with Crippen LogP contribution in [0.25, 0.3) is 0 Å². The number of hydrazine groups is 1. The van der Waals surface area contributed by atoms with E-state index in [2.05, 4.69) is 47.1 Å². The molecule has 1 amide bonds. The van der Waals surface area contributed by atoms with Gasteiger partial charge in [0.1, 0.15) is 11.9 Å². The average Bonchev–Trinajstić information content (AvgIpc) is 3.07. The van der Waals surface area contributed by atoms with Crippen LogP contribution in [-0.4, -0.2) is 30.2 Å². The maximum absolute atomic E-state index is 13.1. The summed E-state index contributed by atoms with van der Waals surface area (Å²) < 4.78 is 5.27. The predicted octanol–water partition coefficient (Wildman–Crippen LogP) is 3.35. The van der Waals surface area contributed by atoms with Crippen molar-refractivity contribution in [1.29, 1.82) is 0 Å². The van der Waals surface area contributed by atoms with Gasteiger partial charge in [0.2, 0.25) is 0 Å². The van der Waals surface area contributed by atoms with Crippen molar-refractivity contribution in [2.45, 2.75) is 44.8 Å². The molecule has 3 atom stereocenters. The molecule has 3 unspecified atom stereocenters. The molecule has 0 saturated carbocycles. The standard InChI is InChI=1S/C23H27N3O2/c1-4-19-15(2)24-22-21(17-8-6-5-7-9-17)20(25-26(22)23(19)27)14-16-10-12-18(28-3)13-11-16/h5-13,20-22,24-25H,4,14H2,1-3H3. The van der Waals surface area contributed by atoms with Crippen molar-refractivity contribution in [3.8, 4) is 5.75 Å². The minimum atomic E-state index is -0.0894. The fourth-order valence-electron chi connectivity index (χ4n) is 4.37. The quantitative estimate of drug-likeness (QED) is 0.839. The Labute approximate surface area is 166 Å². The molecule has 5 heteroatoms. The molecule has 4 rings (SSSR count). The number of carbonyl (C=O) groups excluding carboxylic acids is 1. The number of allylic oxidation sites excluding steroid dienone is 1. The summed E-state index contributed by atoms with van der Waals surface area (Å²) in [4.78, 5) is 13.1. The van der Waals surface area contributed by atoms with Gasteiger partial charge in [-0.25, -0.2) is 5.43 Å². The second-order valence-electron chi connectivity index (χ2n) is 7.45. The number of rotatable bonds is 5. The van der Waals surface area contributed by atoms with Crippen LogP contribution in [0.3, 0.4) is 0 Å². The number of hydrogen-bond acceptors (Lipinski definition) is 4. The van der Waals surface area contributed by atoms with Crippen LogP contribution < -0.4 is 15.5 Å². The summed E-state index contributed by atoms with van der Waals surface area (Å²) in [5.41, 5.74) is 7.79. The molecule has 1 saturated heterocycles. The third kappa shape index (κ3) is 3.27. The van der Waals surface area contributed by atoms with E-state index in [0.717, 1.165) is 29.9 Å². The smallest absolute Gasteiger partial charge is 0.267 e. The van der Waals surface area contributed by atoms with E-state index in [1.165, 1.54) is 11.1 Å². The minimum Gasteiger partial charge on any atom is -0.497 e. The van der Waals surface area contributed by atoms with Gasteiger partial charge in [0.25, 0.3) is 5.91 Å². The van der Waals surface area contributed by atoms with Gasteiger partial charge in [-0.05, 0) is 43.0 Å². The number of carbonyl (C=O) groups is 1. The van der Waals surface area contributed by atoms with E-state index in [1.54, 1.807) is 12.1 Å². The topological polar surface area (TPSA) is 53.6 Å². The van der Waals surface area contributed by atoms with Crippen molar-refractivity contribution in [1.82, 2.24) is 15.8 Å². The van der Waals surface area contributed by atoms with Crippen molar-refractivity contribution in [3.05, 3.63) is 77.0 Å². The van der Waals surface area contributed by atoms with Crippen LogP contribution >= 0.6 is 0 Å². The Kier molecular flexibility index (Phi) is 5.09. The first kappa shape index (κ1) is 18.6. The monoisotopic (exact) mass is 377 g/mol. The highest BCUT2D eigenvalue weighted by Gasteiger charge is 2.47. The predicted molar refractivity (Wildman–Crippen MR) is 110 cm³/mol. The Balaban J connectivity index is 1.67. The first-order valence-corrected chi connectivity index (χ1v) is 9.86. The second-order valence-corrected chi connectivity index (χ2v) is 7.45. The third-order valence-corrected chi connectivity index (χ3v) is 5.80. The van der Waals surface area contributed by atoms with Gasteiger partial charge in [-0.15, -0.1) is 0 Å². The Morgan fingerprint density at radius 1 is 1.07 bits per heavy atom. The molecule has 0 radical (unpaired) electrons. The van der Waals surface area contributed by atoms with E-state index in [4.69, 9.17) is 4.74 Å². The second kappa shape index (κ2) is 7.68. The Bertz CT molecular complexity index is 876. The SMILES string of the molecule is CCC1=C(C)NC2C(c3ccccc3)C(Cc3ccc(OC)cc3)NN2C1=O. The molecule has 1 fully saturated rings. The van der Waals surface area contributed by atoms with Crippen LogP contribution in [0.15, 0.2) is 65.9 Å². The molecule has 0 spiro atoms. The number of nitrogens with zero attached hydrogens (tertiary/aromatic N) is 1. The van der Waals surface area contributed by atoms with Gasteiger partial charge in [-0.1, -0.05) is 49.4 Å². The molecule has 2 heterocycles. The van der Waals surface area contributed by atoms with Crippen LogP contribution in [0.2, 0.25) is 0 Å². The van der Waals surface area contributed by atoms with Gasteiger partial charge in [0.15, 0.2) is 0 Å². The summed E-state index contributed by atoms with van der Waals surface area (Å²) in [6.07, 6.45) is 1.46. The normalized spacial score (nSPS) is 24.2. The lowest BCUT2D eigenvalue weighted by Crippen LogP contribution is -2.54. The molecule has 0 aromatic heterocycles. The van der Waals surface area contributed by atoms with Crippen molar-refractivity contribution in [3.63, 3.8) is 0 Å². The number of fused-ring (bicyclic) bond motifs is 1. The average molecular weight is 377 g/mol. The van der Waals surface area contributed by atoms with Crippen LogP contribution in [0.5, 0.6) is 5.75 Å². The van der Waals surface area contributed by atoms with Crippen molar-refractivity contribution < 1.29 is 9.53 Å². The third-order valence-electron chi connectivity index (χ3n) is 5.80. The summed E-state index contributed by atoms with van der Waals surface area (Å²) in [6, 6.07) is 18.7. The van der Waals surface area contributed by atoms with Gasteiger partial charge in [0, 0.05) is 23.2 Å². The van der Waals surface area contributed by atoms with Gasteiger partial charge in [0.05, 0.1) is 7.11 Å². The summed E-state index contributed by atoms with van der Waals surface area (Å²) >= 11 is 0. The zero-order chi connectivity index (χ0) is 19.7. The Morgan fingerprint density at radius 2 is 1.79 bits per heavy atom. The van der Waals surface area contributed by atoms with Gasteiger partial charge in [-0.2, -0.15) is 0 Å². The molecule has 146 valence electrons. The number of hydrogen-bond donors (Lipinski definition) is 2. The summed E-state index contributed by atoms with van der Waals surface area (Å²) in [5.74, 6) is 1.09. The number of ether oxygens (including phenoxy) is 1. The van der Waals surface area contributed by atoms with Gasteiger partial charge >= 0.3 is 0 Å². The number of benzene rings is 2. The molecule has 28 heavy (non-hydrogen) atoms. The van der Waals surface area contributed by atoms with E-state index in [0.29, 0.717) is 0 Å². The fourth-order valence-corrected chi connectivity index (χ4v) is 4.37. The highest BCUT2D eigenvalue weighted by molar-refractivity contribution is 5.95. The first-order chi connectivity index (χ1) is 13.6. The number of methoxy groups -OCH3 is 1. The van der Waals surface area contributed by atoms with Gasteiger partial charge < -0.3 is 10.1 Å². The van der Waals surface area contributed by atoms with Crippen LogP contribution in [0, 0.1) is 0 Å². The molecule has 2 aliphatic heterocycles. The van der Waals surface area contributed by atoms with E-state index in [1.807, 2.05) is 32.0 Å². The van der Waals surface area contributed by atoms with Crippen molar-refractivity contribution >= 4 is 5.91 Å². The summed E-state index contributed by atoms with van der Waals surface area (Å²) in [6.45, 7) is 4.03. The maximum Gasteiger partial charge on any atom is 0.267 e. The molecule has 2 aromatic rings. The lowest BCUT2D eigenvalue weighted by molar-refractivity contribution is -0.132. The molecule has 2 aliphatic rings. The lowest BCUT2D eigenvalue weighted by atomic mass is 9.86. The van der Waals surface area contributed by atoms with Crippen molar-refractivity contribution in [2.24, 2.45) is 0 Å². The lowest BCUT2D eigenvalue weighted by Gasteiger charge is -2.35. The van der Waals surface area contributed by atoms with E-state index >= 15 is 0 Å². The zero-order valence-corrected chi connectivity index (χ0v) is 16.6. The molecular weight excluding hydrogens is 350 g/mol.